The highest BCUT2D eigenvalue weighted by atomic mass is 35.5. The lowest BCUT2D eigenvalue weighted by Gasteiger charge is -2.37. The minimum Gasteiger partial charge on any atom is -0.387 e. The zero-order chi connectivity index (χ0) is 16.5. The van der Waals surface area contributed by atoms with Crippen LogP contribution >= 0.6 is 11.6 Å². The van der Waals surface area contributed by atoms with Crippen LogP contribution in [0.15, 0.2) is 29.2 Å². The van der Waals surface area contributed by atoms with Crippen molar-refractivity contribution in [3.63, 3.8) is 0 Å². The summed E-state index contributed by atoms with van der Waals surface area (Å²) in [6, 6.07) is 5.22. The number of ether oxygens (including phenoxy) is 1. The standard InChI is InChI=1S/C12H15ClO8S/c13-6-1-3-7(4-2-6)22(18,19)20-5-8-9(14)10(15)11(16)12(17)21-8/h1-4,8-12,14-17H,5H2/t8-,9-,10+,11-,12+/m1/s1. The summed E-state index contributed by atoms with van der Waals surface area (Å²) in [6.07, 6.45) is -8.07. The van der Waals surface area contributed by atoms with Crippen LogP contribution < -0.4 is 0 Å². The Morgan fingerprint density at radius 3 is 2.23 bits per heavy atom. The molecule has 124 valence electrons. The first-order valence-corrected chi connectivity index (χ1v) is 8.04. The maximum atomic E-state index is 11.9. The van der Waals surface area contributed by atoms with Gasteiger partial charge in [-0.15, -0.1) is 0 Å². The topological polar surface area (TPSA) is 134 Å². The van der Waals surface area contributed by atoms with Crippen LogP contribution in [-0.4, -0.2) is 66.2 Å². The minimum absolute atomic E-state index is 0.150. The van der Waals surface area contributed by atoms with E-state index < -0.39 is 47.4 Å². The highest BCUT2D eigenvalue weighted by Gasteiger charge is 2.43. The molecule has 0 saturated carbocycles. The summed E-state index contributed by atoms with van der Waals surface area (Å²) in [4.78, 5) is -0.150. The van der Waals surface area contributed by atoms with Crippen LogP contribution in [0.5, 0.6) is 0 Å². The summed E-state index contributed by atoms with van der Waals surface area (Å²) >= 11 is 5.66. The molecule has 1 aromatic carbocycles. The summed E-state index contributed by atoms with van der Waals surface area (Å²) < 4.78 is 33.4. The molecule has 1 aliphatic heterocycles. The molecule has 22 heavy (non-hydrogen) atoms. The fraction of sp³-hybridized carbons (Fsp3) is 0.500. The van der Waals surface area contributed by atoms with Gasteiger partial charge in [-0.2, -0.15) is 8.42 Å². The normalized spacial score (nSPS) is 32.9. The number of aliphatic hydroxyl groups is 4. The van der Waals surface area contributed by atoms with Gasteiger partial charge in [0.1, 0.15) is 24.4 Å². The van der Waals surface area contributed by atoms with Gasteiger partial charge in [0.15, 0.2) is 6.29 Å². The van der Waals surface area contributed by atoms with Crippen molar-refractivity contribution in [2.75, 3.05) is 6.61 Å². The Morgan fingerprint density at radius 2 is 1.64 bits per heavy atom. The summed E-state index contributed by atoms with van der Waals surface area (Å²) in [6.45, 7) is -0.646. The summed E-state index contributed by atoms with van der Waals surface area (Å²) in [5, 5.41) is 38.2. The van der Waals surface area contributed by atoms with Crippen LogP contribution in [0.4, 0.5) is 0 Å². The second-order valence-corrected chi connectivity index (χ2v) is 6.78. The average molecular weight is 355 g/mol. The predicted octanol–water partition coefficient (Wildman–Crippen LogP) is -1.15. The Morgan fingerprint density at radius 1 is 1.05 bits per heavy atom. The van der Waals surface area contributed by atoms with Crippen LogP contribution in [0.1, 0.15) is 0 Å². The van der Waals surface area contributed by atoms with Crippen LogP contribution in [0.25, 0.3) is 0 Å². The molecule has 0 amide bonds. The van der Waals surface area contributed by atoms with Crippen LogP contribution in [0.3, 0.4) is 0 Å². The molecule has 1 saturated heterocycles. The highest BCUT2D eigenvalue weighted by Crippen LogP contribution is 2.22. The summed E-state index contributed by atoms with van der Waals surface area (Å²) in [5.74, 6) is 0. The fourth-order valence-electron chi connectivity index (χ4n) is 1.89. The van der Waals surface area contributed by atoms with Crippen LogP contribution in [-0.2, 0) is 19.0 Å². The van der Waals surface area contributed by atoms with Crippen molar-refractivity contribution in [3.05, 3.63) is 29.3 Å². The molecule has 0 spiro atoms. The maximum Gasteiger partial charge on any atom is 0.297 e. The molecule has 8 nitrogen and oxygen atoms in total. The lowest BCUT2D eigenvalue weighted by atomic mass is 10.00. The van der Waals surface area contributed by atoms with Crippen molar-refractivity contribution in [2.24, 2.45) is 0 Å². The second-order valence-electron chi connectivity index (χ2n) is 4.73. The van der Waals surface area contributed by atoms with Crippen molar-refractivity contribution in [2.45, 2.75) is 35.6 Å². The molecule has 2 rings (SSSR count). The lowest BCUT2D eigenvalue weighted by Crippen LogP contribution is -2.58. The van der Waals surface area contributed by atoms with Gasteiger partial charge in [0.2, 0.25) is 0 Å². The Labute approximate surface area is 131 Å². The van der Waals surface area contributed by atoms with Gasteiger partial charge in [-0.25, -0.2) is 0 Å². The van der Waals surface area contributed by atoms with Crippen molar-refractivity contribution in [1.29, 1.82) is 0 Å². The molecule has 4 N–H and O–H groups in total. The van der Waals surface area contributed by atoms with Gasteiger partial charge in [-0.05, 0) is 24.3 Å². The predicted molar refractivity (Wildman–Crippen MR) is 73.5 cm³/mol. The summed E-state index contributed by atoms with van der Waals surface area (Å²) in [7, 11) is -4.12. The third-order valence-electron chi connectivity index (χ3n) is 3.18. The van der Waals surface area contributed by atoms with E-state index in [0.717, 1.165) is 0 Å². The highest BCUT2D eigenvalue weighted by molar-refractivity contribution is 7.86. The first-order chi connectivity index (χ1) is 10.2. The first-order valence-electron chi connectivity index (χ1n) is 6.25. The second kappa shape index (κ2) is 6.77. The molecule has 1 aromatic rings. The van der Waals surface area contributed by atoms with E-state index >= 15 is 0 Å². The fourth-order valence-corrected chi connectivity index (χ4v) is 2.94. The zero-order valence-corrected chi connectivity index (χ0v) is 12.7. The van der Waals surface area contributed by atoms with Crippen molar-refractivity contribution in [3.8, 4) is 0 Å². The van der Waals surface area contributed by atoms with Crippen LogP contribution in [0.2, 0.25) is 5.02 Å². The average Bonchev–Trinajstić information content (AvgIpc) is 2.48. The molecule has 0 unspecified atom stereocenters. The Kier molecular flexibility index (Phi) is 5.41. The van der Waals surface area contributed by atoms with E-state index in [1.807, 2.05) is 0 Å². The quantitative estimate of drug-likeness (QED) is 0.498. The van der Waals surface area contributed by atoms with Crippen molar-refractivity contribution in [1.82, 2.24) is 0 Å². The minimum atomic E-state index is -4.12. The van der Waals surface area contributed by atoms with E-state index in [2.05, 4.69) is 0 Å². The Balaban J connectivity index is 2.04. The molecule has 10 heteroatoms. The van der Waals surface area contributed by atoms with Gasteiger partial charge in [-0.3, -0.25) is 4.18 Å². The van der Waals surface area contributed by atoms with Crippen molar-refractivity contribution >= 4 is 21.7 Å². The third kappa shape index (κ3) is 3.76. The largest absolute Gasteiger partial charge is 0.387 e. The van der Waals surface area contributed by atoms with E-state index in [4.69, 9.17) is 20.5 Å². The monoisotopic (exact) mass is 354 g/mol. The van der Waals surface area contributed by atoms with Gasteiger partial charge < -0.3 is 25.2 Å². The van der Waals surface area contributed by atoms with E-state index in [1.165, 1.54) is 24.3 Å². The molecule has 1 heterocycles. The zero-order valence-electron chi connectivity index (χ0n) is 11.1. The Bertz CT molecular complexity index is 604. The molecule has 5 atom stereocenters. The number of benzene rings is 1. The number of aliphatic hydroxyl groups excluding tert-OH is 4. The van der Waals surface area contributed by atoms with E-state index in [0.29, 0.717) is 5.02 Å². The summed E-state index contributed by atoms with van der Waals surface area (Å²) in [5.41, 5.74) is 0. The number of rotatable bonds is 4. The SMILES string of the molecule is O=S(=O)(OC[C@H]1O[C@H](O)[C@H](O)[C@@H](O)[C@@H]1O)c1ccc(Cl)cc1. The Hall–Kier alpha value is -0.780. The van der Waals surface area contributed by atoms with Crippen LogP contribution in [0, 0.1) is 0 Å². The molecule has 0 radical (unpaired) electrons. The molecule has 0 aliphatic carbocycles. The van der Waals surface area contributed by atoms with Gasteiger partial charge >= 0.3 is 0 Å². The smallest absolute Gasteiger partial charge is 0.297 e. The van der Waals surface area contributed by atoms with Gasteiger partial charge in [0, 0.05) is 5.02 Å². The van der Waals surface area contributed by atoms with E-state index in [-0.39, 0.29) is 4.90 Å². The third-order valence-corrected chi connectivity index (χ3v) is 4.72. The van der Waals surface area contributed by atoms with Gasteiger partial charge in [0.25, 0.3) is 10.1 Å². The van der Waals surface area contributed by atoms with Crippen molar-refractivity contribution < 1.29 is 37.8 Å². The molecule has 0 aromatic heterocycles. The first kappa shape index (κ1) is 17.6. The van der Waals surface area contributed by atoms with Gasteiger partial charge in [0.05, 0.1) is 11.5 Å². The number of halogens is 1. The van der Waals surface area contributed by atoms with Gasteiger partial charge in [-0.1, -0.05) is 11.6 Å². The number of hydrogen-bond acceptors (Lipinski definition) is 8. The molecular formula is C12H15ClO8S. The number of hydrogen-bond donors (Lipinski definition) is 4. The molecular weight excluding hydrogens is 340 g/mol. The van der Waals surface area contributed by atoms with E-state index in [9.17, 15) is 28.8 Å². The lowest BCUT2D eigenvalue weighted by molar-refractivity contribution is -0.285. The maximum absolute atomic E-state index is 11.9. The molecule has 0 bridgehead atoms. The van der Waals surface area contributed by atoms with E-state index in [1.54, 1.807) is 0 Å². The molecule has 1 fully saturated rings. The molecule has 1 aliphatic rings.